The summed E-state index contributed by atoms with van der Waals surface area (Å²) in [6, 6.07) is 8.10. The molecule has 19 heavy (non-hydrogen) atoms. The van der Waals surface area contributed by atoms with Gasteiger partial charge >= 0.3 is 0 Å². The summed E-state index contributed by atoms with van der Waals surface area (Å²) in [7, 11) is -3.63. The van der Waals surface area contributed by atoms with Crippen LogP contribution in [0.1, 0.15) is 18.4 Å². The molecule has 2 aliphatic rings. The van der Waals surface area contributed by atoms with Crippen molar-refractivity contribution in [2.45, 2.75) is 29.9 Å². The molecule has 1 saturated heterocycles. The van der Waals surface area contributed by atoms with Crippen LogP contribution in [0.3, 0.4) is 0 Å². The molecule has 6 heteroatoms. The zero-order valence-electron chi connectivity index (χ0n) is 10.2. The number of benzene rings is 1. The van der Waals surface area contributed by atoms with Crippen LogP contribution in [0, 0.1) is 17.2 Å². The van der Waals surface area contributed by atoms with E-state index in [1.165, 1.54) is 12.1 Å². The van der Waals surface area contributed by atoms with Gasteiger partial charge in [0.15, 0.2) is 0 Å². The smallest absolute Gasteiger partial charge is 0.242 e. The fourth-order valence-electron chi connectivity index (χ4n) is 2.79. The number of rotatable bonds is 3. The first-order valence-corrected chi connectivity index (χ1v) is 7.73. The highest BCUT2D eigenvalue weighted by molar-refractivity contribution is 7.89. The van der Waals surface area contributed by atoms with Gasteiger partial charge < -0.3 is 4.74 Å². The quantitative estimate of drug-likeness (QED) is 0.895. The van der Waals surface area contributed by atoms with Crippen molar-refractivity contribution < 1.29 is 13.2 Å². The summed E-state index contributed by atoms with van der Waals surface area (Å²) < 4.78 is 32.8. The highest BCUT2D eigenvalue weighted by atomic mass is 32.2. The highest BCUT2D eigenvalue weighted by Gasteiger charge is 2.46. The van der Waals surface area contributed by atoms with Gasteiger partial charge in [-0.3, -0.25) is 0 Å². The molecule has 0 radical (unpaired) electrons. The molecule has 1 aromatic carbocycles. The minimum Gasteiger partial charge on any atom is -0.378 e. The van der Waals surface area contributed by atoms with E-state index in [0.29, 0.717) is 6.61 Å². The van der Waals surface area contributed by atoms with E-state index in [0.717, 1.165) is 12.8 Å². The van der Waals surface area contributed by atoms with E-state index >= 15 is 0 Å². The molecule has 1 N–H and O–H groups in total. The van der Waals surface area contributed by atoms with E-state index in [1.54, 1.807) is 12.1 Å². The van der Waals surface area contributed by atoms with Gasteiger partial charge in [0.25, 0.3) is 0 Å². The first kappa shape index (κ1) is 12.6. The third kappa shape index (κ3) is 2.14. The normalized spacial score (nSPS) is 29.3. The molecule has 100 valence electrons. The maximum atomic E-state index is 12.3. The number of nitrogens with zero attached hydrogens (tertiary/aromatic N) is 1. The second-order valence-electron chi connectivity index (χ2n) is 4.93. The number of nitrogens with one attached hydrogen (secondary N) is 1. The Morgan fingerprint density at radius 1 is 1.37 bits per heavy atom. The summed E-state index contributed by atoms with van der Waals surface area (Å²) >= 11 is 0. The number of hydrogen-bond acceptors (Lipinski definition) is 4. The molecule has 1 aliphatic carbocycles. The molecule has 1 aliphatic heterocycles. The van der Waals surface area contributed by atoms with Crippen molar-refractivity contribution in [3.63, 3.8) is 0 Å². The molecule has 1 heterocycles. The lowest BCUT2D eigenvalue weighted by molar-refractivity contribution is 0.0143. The van der Waals surface area contributed by atoms with Crippen molar-refractivity contribution in [1.82, 2.24) is 4.72 Å². The second kappa shape index (κ2) is 4.60. The average molecular weight is 278 g/mol. The van der Waals surface area contributed by atoms with Crippen LogP contribution >= 0.6 is 0 Å². The molecule has 0 unspecified atom stereocenters. The summed E-state index contributed by atoms with van der Waals surface area (Å²) in [6.07, 6.45) is 1.83. The topological polar surface area (TPSA) is 79.2 Å². The van der Waals surface area contributed by atoms with Gasteiger partial charge in [-0.2, -0.15) is 5.26 Å². The molecule has 0 aromatic heterocycles. The minimum absolute atomic E-state index is 0.0554. The van der Waals surface area contributed by atoms with Crippen molar-refractivity contribution in [3.05, 3.63) is 29.8 Å². The predicted octanol–water partition coefficient (Wildman–Crippen LogP) is 1.01. The molecule has 3 rings (SSSR count). The van der Waals surface area contributed by atoms with E-state index in [2.05, 4.69) is 4.72 Å². The summed E-state index contributed by atoms with van der Waals surface area (Å²) in [5.41, 5.74) is 0.175. The molecule has 1 saturated carbocycles. The van der Waals surface area contributed by atoms with Crippen molar-refractivity contribution in [2.75, 3.05) is 6.61 Å². The highest BCUT2D eigenvalue weighted by Crippen LogP contribution is 2.39. The van der Waals surface area contributed by atoms with Gasteiger partial charge in [0.2, 0.25) is 10.0 Å². The third-order valence-corrected chi connectivity index (χ3v) is 5.42. The van der Waals surface area contributed by atoms with Crippen LogP contribution in [0.25, 0.3) is 0 Å². The molecule has 1 aromatic rings. The van der Waals surface area contributed by atoms with E-state index < -0.39 is 10.0 Å². The number of sulfonamides is 1. The van der Waals surface area contributed by atoms with Crippen LogP contribution in [-0.4, -0.2) is 27.2 Å². The summed E-state index contributed by atoms with van der Waals surface area (Å²) in [6.45, 7) is 0.711. The maximum absolute atomic E-state index is 12.3. The number of hydrogen-bond donors (Lipinski definition) is 1. The van der Waals surface area contributed by atoms with Crippen LogP contribution in [0.2, 0.25) is 0 Å². The van der Waals surface area contributed by atoms with Gasteiger partial charge in [0, 0.05) is 18.6 Å². The zero-order valence-corrected chi connectivity index (χ0v) is 11.1. The molecule has 5 nitrogen and oxygen atoms in total. The average Bonchev–Trinajstić information content (AvgIpc) is 2.77. The molecular weight excluding hydrogens is 264 g/mol. The third-order valence-electron chi connectivity index (χ3n) is 3.87. The Bertz CT molecular complexity index is 636. The Labute approximate surface area is 112 Å². The summed E-state index contributed by atoms with van der Waals surface area (Å²) in [4.78, 5) is 0.0554. The number of nitriles is 1. The van der Waals surface area contributed by atoms with Gasteiger partial charge in [-0.05, 0) is 25.0 Å². The fourth-order valence-corrected chi connectivity index (χ4v) is 4.25. The Hall–Kier alpha value is -1.42. The standard InChI is InChI=1S/C13H14N2O3S/c14-8-9-3-1-2-4-13(9)19(16,17)15-11-7-12-10(11)5-6-18-12/h1-4,10-12,15H,5-7H2/t10-,11+,12+/m0/s1. The van der Waals surface area contributed by atoms with Gasteiger partial charge in [-0.25, -0.2) is 13.1 Å². The first-order chi connectivity index (χ1) is 9.12. The molecule has 3 atom stereocenters. The molecule has 0 spiro atoms. The van der Waals surface area contributed by atoms with Crippen molar-refractivity contribution >= 4 is 10.0 Å². The van der Waals surface area contributed by atoms with Crippen LogP contribution in [-0.2, 0) is 14.8 Å². The van der Waals surface area contributed by atoms with E-state index in [9.17, 15) is 8.42 Å². The van der Waals surface area contributed by atoms with Crippen LogP contribution in [0.5, 0.6) is 0 Å². The van der Waals surface area contributed by atoms with Gasteiger partial charge in [-0.1, -0.05) is 12.1 Å². The van der Waals surface area contributed by atoms with Crippen molar-refractivity contribution in [1.29, 1.82) is 5.26 Å². The van der Waals surface area contributed by atoms with E-state index in [1.807, 2.05) is 6.07 Å². The first-order valence-electron chi connectivity index (χ1n) is 6.25. The Balaban J connectivity index is 1.82. The van der Waals surface area contributed by atoms with Gasteiger partial charge in [0.05, 0.1) is 16.6 Å². The van der Waals surface area contributed by atoms with Crippen LogP contribution < -0.4 is 4.72 Å². The fraction of sp³-hybridized carbons (Fsp3) is 0.462. The molecular formula is C13H14N2O3S. The Morgan fingerprint density at radius 2 is 2.16 bits per heavy atom. The van der Waals surface area contributed by atoms with Gasteiger partial charge in [-0.15, -0.1) is 0 Å². The second-order valence-corrected chi connectivity index (χ2v) is 6.62. The largest absolute Gasteiger partial charge is 0.378 e. The zero-order chi connectivity index (χ0) is 13.5. The minimum atomic E-state index is -3.63. The van der Waals surface area contributed by atoms with Gasteiger partial charge in [0.1, 0.15) is 6.07 Å². The monoisotopic (exact) mass is 278 g/mol. The van der Waals surface area contributed by atoms with Crippen LogP contribution in [0.15, 0.2) is 29.2 Å². The lowest BCUT2D eigenvalue weighted by Gasteiger charge is -2.39. The van der Waals surface area contributed by atoms with E-state index in [-0.39, 0.29) is 28.5 Å². The lowest BCUT2D eigenvalue weighted by atomic mass is 9.77. The van der Waals surface area contributed by atoms with Crippen molar-refractivity contribution in [2.24, 2.45) is 5.92 Å². The molecule has 0 bridgehead atoms. The van der Waals surface area contributed by atoms with Crippen LogP contribution in [0.4, 0.5) is 0 Å². The van der Waals surface area contributed by atoms with E-state index in [4.69, 9.17) is 10.00 Å². The lowest BCUT2D eigenvalue weighted by Crippen LogP contribution is -2.53. The number of fused-ring (bicyclic) bond motifs is 1. The molecule has 0 amide bonds. The SMILES string of the molecule is N#Cc1ccccc1S(=O)(=O)N[C@@H]1C[C@H]2OCC[C@@H]12. The maximum Gasteiger partial charge on any atom is 0.242 e. The summed E-state index contributed by atoms with van der Waals surface area (Å²) in [5.74, 6) is 0.282. The predicted molar refractivity (Wildman–Crippen MR) is 67.7 cm³/mol. The molecule has 2 fully saturated rings. The Kier molecular flexibility index (Phi) is 3.05. The number of ether oxygens (including phenoxy) is 1. The van der Waals surface area contributed by atoms with Crippen molar-refractivity contribution in [3.8, 4) is 6.07 Å². The summed E-state index contributed by atoms with van der Waals surface area (Å²) in [5, 5.41) is 8.98. The Morgan fingerprint density at radius 3 is 2.89 bits per heavy atom.